The van der Waals surface area contributed by atoms with Gasteiger partial charge < -0.3 is 14.5 Å². The molecule has 1 aromatic rings. The molecule has 2 amide bonds. The maximum Gasteiger partial charge on any atom is 0.410 e. The van der Waals surface area contributed by atoms with Gasteiger partial charge in [-0.2, -0.15) is 0 Å². The minimum Gasteiger partial charge on any atom is -0.444 e. The van der Waals surface area contributed by atoms with Crippen LogP contribution in [0.2, 0.25) is 0 Å². The van der Waals surface area contributed by atoms with E-state index in [0.717, 1.165) is 5.57 Å². The second-order valence-corrected chi connectivity index (χ2v) is 7.02. The van der Waals surface area contributed by atoms with Crippen LogP contribution in [0.3, 0.4) is 0 Å². The van der Waals surface area contributed by atoms with Crippen molar-refractivity contribution in [2.24, 2.45) is 0 Å². The lowest BCUT2D eigenvalue weighted by Crippen LogP contribution is -2.39. The van der Waals surface area contributed by atoms with Gasteiger partial charge in [0.25, 0.3) is 5.91 Å². The third-order valence-corrected chi connectivity index (χ3v) is 3.87. The van der Waals surface area contributed by atoms with E-state index in [2.05, 4.69) is 9.97 Å². The quantitative estimate of drug-likeness (QED) is 0.841. The SMILES string of the molecule is CCN(C)C(=O)c1cnc(C2=CCN(C(=O)OC(C)(C)C)CC2)nc1. The number of aromatic nitrogens is 2. The van der Waals surface area contributed by atoms with Crippen molar-refractivity contribution in [3.05, 3.63) is 29.9 Å². The van der Waals surface area contributed by atoms with Gasteiger partial charge in [0.1, 0.15) is 5.60 Å². The largest absolute Gasteiger partial charge is 0.444 e. The Labute approximate surface area is 148 Å². The molecule has 0 aromatic carbocycles. The van der Waals surface area contributed by atoms with Crippen molar-refractivity contribution >= 4 is 17.6 Å². The van der Waals surface area contributed by atoms with Crippen molar-refractivity contribution in [3.8, 4) is 0 Å². The van der Waals surface area contributed by atoms with Crippen LogP contribution in [-0.4, -0.2) is 64.1 Å². The van der Waals surface area contributed by atoms with Gasteiger partial charge in [-0.1, -0.05) is 6.08 Å². The summed E-state index contributed by atoms with van der Waals surface area (Å²) in [5.74, 6) is 0.502. The van der Waals surface area contributed by atoms with Crippen molar-refractivity contribution in [1.82, 2.24) is 19.8 Å². The molecule has 0 saturated carbocycles. The van der Waals surface area contributed by atoms with Crippen LogP contribution in [0.1, 0.15) is 50.3 Å². The van der Waals surface area contributed by atoms with Crippen molar-refractivity contribution in [1.29, 1.82) is 0 Å². The first-order valence-electron chi connectivity index (χ1n) is 8.46. The molecule has 0 saturated heterocycles. The lowest BCUT2D eigenvalue weighted by Gasteiger charge is -2.29. The molecule has 0 fully saturated rings. The molecule has 2 heterocycles. The van der Waals surface area contributed by atoms with E-state index in [-0.39, 0.29) is 12.0 Å². The van der Waals surface area contributed by atoms with E-state index in [1.807, 2.05) is 33.8 Å². The minimum absolute atomic E-state index is 0.0947. The summed E-state index contributed by atoms with van der Waals surface area (Å²) < 4.78 is 5.38. The molecule has 1 aliphatic heterocycles. The standard InChI is InChI=1S/C18H26N4O3/c1-6-21(5)16(23)14-11-19-15(20-12-14)13-7-9-22(10-8-13)17(24)25-18(2,3)4/h7,11-12H,6,8-10H2,1-5H3. The number of nitrogens with zero attached hydrogens (tertiary/aromatic N) is 4. The summed E-state index contributed by atoms with van der Waals surface area (Å²) >= 11 is 0. The molecular formula is C18H26N4O3. The molecule has 7 heteroatoms. The molecule has 2 rings (SSSR count). The molecule has 0 aliphatic carbocycles. The van der Waals surface area contributed by atoms with Gasteiger partial charge in [-0.05, 0) is 39.7 Å². The third-order valence-electron chi connectivity index (χ3n) is 3.87. The van der Waals surface area contributed by atoms with Gasteiger partial charge >= 0.3 is 6.09 Å². The number of ether oxygens (including phenoxy) is 1. The fourth-order valence-electron chi connectivity index (χ4n) is 2.33. The maximum absolute atomic E-state index is 12.1. The molecule has 0 N–H and O–H groups in total. The van der Waals surface area contributed by atoms with Gasteiger partial charge in [0.2, 0.25) is 0 Å². The molecule has 136 valence electrons. The summed E-state index contributed by atoms with van der Waals surface area (Å²) in [6, 6.07) is 0. The van der Waals surface area contributed by atoms with E-state index in [0.29, 0.717) is 37.4 Å². The average molecular weight is 346 g/mol. The predicted molar refractivity (Wildman–Crippen MR) is 95.1 cm³/mol. The predicted octanol–water partition coefficient (Wildman–Crippen LogP) is 2.59. The van der Waals surface area contributed by atoms with Crippen LogP contribution in [0.4, 0.5) is 4.79 Å². The first-order valence-corrected chi connectivity index (χ1v) is 8.46. The van der Waals surface area contributed by atoms with Gasteiger partial charge in [0, 0.05) is 39.1 Å². The number of carbonyl (C=O) groups excluding carboxylic acids is 2. The summed E-state index contributed by atoms with van der Waals surface area (Å²) in [5.41, 5.74) is 0.945. The normalized spacial score (nSPS) is 14.8. The van der Waals surface area contributed by atoms with Crippen LogP contribution in [-0.2, 0) is 4.74 Å². The van der Waals surface area contributed by atoms with E-state index >= 15 is 0 Å². The fraction of sp³-hybridized carbons (Fsp3) is 0.556. The molecule has 25 heavy (non-hydrogen) atoms. The molecule has 7 nitrogen and oxygen atoms in total. The van der Waals surface area contributed by atoms with Gasteiger partial charge in [0.05, 0.1) is 5.56 Å². The Kier molecular flexibility index (Phi) is 5.77. The summed E-state index contributed by atoms with van der Waals surface area (Å²) in [6.45, 7) is 9.12. The summed E-state index contributed by atoms with van der Waals surface area (Å²) in [6.07, 6.45) is 5.38. The van der Waals surface area contributed by atoms with Crippen LogP contribution >= 0.6 is 0 Å². The van der Waals surface area contributed by atoms with E-state index in [9.17, 15) is 9.59 Å². The summed E-state index contributed by atoms with van der Waals surface area (Å²) in [4.78, 5) is 36.0. The average Bonchev–Trinajstić information content (AvgIpc) is 2.59. The Morgan fingerprint density at radius 2 is 1.92 bits per heavy atom. The zero-order valence-electron chi connectivity index (χ0n) is 15.6. The summed E-state index contributed by atoms with van der Waals surface area (Å²) in [7, 11) is 1.74. The third kappa shape index (κ3) is 5.01. The molecule has 0 atom stereocenters. The minimum atomic E-state index is -0.502. The zero-order valence-corrected chi connectivity index (χ0v) is 15.6. The van der Waals surface area contributed by atoms with Crippen molar-refractivity contribution in [2.75, 3.05) is 26.7 Å². The molecule has 0 spiro atoms. The number of rotatable bonds is 3. The molecule has 0 unspecified atom stereocenters. The first-order chi connectivity index (χ1) is 11.7. The molecule has 1 aromatic heterocycles. The van der Waals surface area contributed by atoms with Crippen molar-refractivity contribution in [2.45, 2.75) is 39.7 Å². The second kappa shape index (κ2) is 7.63. The van der Waals surface area contributed by atoms with E-state index < -0.39 is 5.60 Å². The highest BCUT2D eigenvalue weighted by Gasteiger charge is 2.24. The second-order valence-electron chi connectivity index (χ2n) is 7.02. The number of carbonyl (C=O) groups is 2. The van der Waals surface area contributed by atoms with Crippen LogP contribution < -0.4 is 0 Å². The number of hydrogen-bond acceptors (Lipinski definition) is 5. The highest BCUT2D eigenvalue weighted by molar-refractivity contribution is 5.93. The van der Waals surface area contributed by atoms with Crippen LogP contribution in [0.15, 0.2) is 18.5 Å². The highest BCUT2D eigenvalue weighted by Crippen LogP contribution is 2.21. The highest BCUT2D eigenvalue weighted by atomic mass is 16.6. The molecule has 0 radical (unpaired) electrons. The molecular weight excluding hydrogens is 320 g/mol. The fourth-order valence-corrected chi connectivity index (χ4v) is 2.33. The van der Waals surface area contributed by atoms with Crippen LogP contribution in [0.25, 0.3) is 5.57 Å². The lowest BCUT2D eigenvalue weighted by atomic mass is 10.1. The van der Waals surface area contributed by atoms with E-state index in [4.69, 9.17) is 4.74 Å². The molecule has 0 bridgehead atoms. The van der Waals surface area contributed by atoms with Crippen LogP contribution in [0, 0.1) is 0 Å². The van der Waals surface area contributed by atoms with Crippen molar-refractivity contribution in [3.63, 3.8) is 0 Å². The topological polar surface area (TPSA) is 75.6 Å². The lowest BCUT2D eigenvalue weighted by molar-refractivity contribution is 0.0270. The molecule has 1 aliphatic rings. The van der Waals surface area contributed by atoms with Gasteiger partial charge in [-0.15, -0.1) is 0 Å². The smallest absolute Gasteiger partial charge is 0.410 e. The summed E-state index contributed by atoms with van der Waals surface area (Å²) in [5, 5.41) is 0. The Morgan fingerprint density at radius 3 is 2.40 bits per heavy atom. The van der Waals surface area contributed by atoms with Gasteiger partial charge in [-0.25, -0.2) is 14.8 Å². The van der Waals surface area contributed by atoms with Gasteiger partial charge in [0.15, 0.2) is 5.82 Å². The van der Waals surface area contributed by atoms with E-state index in [1.165, 1.54) is 0 Å². The van der Waals surface area contributed by atoms with Gasteiger partial charge in [-0.3, -0.25) is 4.79 Å². The number of amides is 2. The Balaban J connectivity index is 2.02. The van der Waals surface area contributed by atoms with E-state index in [1.54, 1.807) is 29.2 Å². The first kappa shape index (κ1) is 18.9. The number of hydrogen-bond donors (Lipinski definition) is 0. The Morgan fingerprint density at radius 1 is 1.28 bits per heavy atom. The Bertz CT molecular complexity index is 662. The maximum atomic E-state index is 12.1. The van der Waals surface area contributed by atoms with Crippen LogP contribution in [0.5, 0.6) is 0 Å². The Hall–Kier alpha value is -2.44. The monoisotopic (exact) mass is 346 g/mol. The zero-order chi connectivity index (χ0) is 18.6. The van der Waals surface area contributed by atoms with Crippen molar-refractivity contribution < 1.29 is 14.3 Å².